The monoisotopic (exact) mass is 425 g/mol. The molecule has 0 aliphatic heterocycles. The summed E-state index contributed by atoms with van der Waals surface area (Å²) in [5.74, 6) is 1.39. The van der Waals surface area contributed by atoms with E-state index in [4.69, 9.17) is 5.73 Å². The Morgan fingerprint density at radius 1 is 1.17 bits per heavy atom. The maximum atomic E-state index is 5.90. The largest absolute Gasteiger partial charge is 0.370 e. The molecule has 23 heavy (non-hydrogen) atoms. The summed E-state index contributed by atoms with van der Waals surface area (Å²) in [6.07, 6.45) is 2.72. The summed E-state index contributed by atoms with van der Waals surface area (Å²) in [6, 6.07) is 14.3. The van der Waals surface area contributed by atoms with Crippen molar-refractivity contribution >= 4 is 35.8 Å². The Morgan fingerprint density at radius 3 is 2.61 bits per heavy atom. The number of benzene rings is 1. The van der Waals surface area contributed by atoms with Crippen molar-refractivity contribution in [3.63, 3.8) is 0 Å². The molecule has 0 aliphatic rings. The van der Waals surface area contributed by atoms with Crippen LogP contribution in [0.1, 0.15) is 11.1 Å². The second kappa shape index (κ2) is 10.0. The molecule has 0 saturated heterocycles. The molecule has 2 aromatic rings. The van der Waals surface area contributed by atoms with Crippen LogP contribution in [0.15, 0.2) is 53.7 Å². The van der Waals surface area contributed by atoms with Crippen molar-refractivity contribution in [2.24, 2.45) is 10.7 Å². The molecule has 1 heterocycles. The first-order valence-electron chi connectivity index (χ1n) is 7.35. The van der Waals surface area contributed by atoms with Crippen molar-refractivity contribution < 1.29 is 0 Å². The van der Waals surface area contributed by atoms with Gasteiger partial charge < -0.3 is 16.0 Å². The van der Waals surface area contributed by atoms with E-state index in [0.717, 1.165) is 24.3 Å². The molecule has 0 radical (unpaired) electrons. The second-order valence-corrected chi connectivity index (χ2v) is 5.28. The van der Waals surface area contributed by atoms with E-state index in [-0.39, 0.29) is 24.0 Å². The fourth-order valence-corrected chi connectivity index (χ4v) is 2.02. The van der Waals surface area contributed by atoms with E-state index < -0.39 is 0 Å². The number of anilines is 1. The van der Waals surface area contributed by atoms with Gasteiger partial charge >= 0.3 is 0 Å². The highest BCUT2D eigenvalue weighted by Crippen LogP contribution is 2.10. The number of nitrogens with zero attached hydrogens (tertiary/aromatic N) is 3. The van der Waals surface area contributed by atoms with Crippen LogP contribution in [0.5, 0.6) is 0 Å². The number of aliphatic imine (C=N–C) groups is 1. The summed E-state index contributed by atoms with van der Waals surface area (Å²) >= 11 is 0. The molecule has 1 aromatic carbocycles. The van der Waals surface area contributed by atoms with Crippen LogP contribution >= 0.6 is 24.0 Å². The second-order valence-electron chi connectivity index (χ2n) is 5.28. The minimum atomic E-state index is 0. The van der Waals surface area contributed by atoms with Crippen molar-refractivity contribution in [1.82, 2.24) is 10.3 Å². The van der Waals surface area contributed by atoms with Crippen LogP contribution in [0.4, 0.5) is 5.82 Å². The Labute approximate surface area is 155 Å². The van der Waals surface area contributed by atoms with Crippen LogP contribution in [0, 0.1) is 0 Å². The number of guanidine groups is 1. The molecule has 0 fully saturated rings. The van der Waals surface area contributed by atoms with E-state index in [2.05, 4.69) is 27.4 Å². The summed E-state index contributed by atoms with van der Waals surface area (Å²) in [4.78, 5) is 10.6. The topological polar surface area (TPSA) is 66.5 Å². The van der Waals surface area contributed by atoms with Gasteiger partial charge in [-0.2, -0.15) is 0 Å². The summed E-state index contributed by atoms with van der Waals surface area (Å²) in [5, 5.41) is 3.14. The van der Waals surface area contributed by atoms with Gasteiger partial charge in [0, 0.05) is 26.8 Å². The smallest absolute Gasteiger partial charge is 0.188 e. The minimum absolute atomic E-state index is 0. The lowest BCUT2D eigenvalue weighted by molar-refractivity contribution is 0.847. The van der Waals surface area contributed by atoms with Gasteiger partial charge in [-0.25, -0.2) is 9.98 Å². The van der Waals surface area contributed by atoms with Crippen LogP contribution in [-0.2, 0) is 13.0 Å². The fourth-order valence-electron chi connectivity index (χ4n) is 2.02. The standard InChI is InChI=1S/C17H23N5.HI/c1-22(2)16-12-15(9-10-19-16)13-21-17(18)20-11-8-14-6-4-3-5-7-14;/h3-7,9-10,12H,8,11,13H2,1-2H3,(H3,18,20,21);1H. The lowest BCUT2D eigenvalue weighted by atomic mass is 10.1. The SMILES string of the molecule is CN(C)c1cc(CN=C(N)NCCc2ccccc2)ccn1.I. The van der Waals surface area contributed by atoms with Crippen LogP contribution < -0.4 is 16.0 Å². The average Bonchev–Trinajstić information content (AvgIpc) is 2.54. The number of aromatic nitrogens is 1. The third-order valence-corrected chi connectivity index (χ3v) is 3.26. The zero-order valence-electron chi connectivity index (χ0n) is 13.6. The normalized spacial score (nSPS) is 10.8. The molecule has 3 N–H and O–H groups in total. The predicted molar refractivity (Wildman–Crippen MR) is 107 cm³/mol. The van der Waals surface area contributed by atoms with Crippen molar-refractivity contribution in [3.05, 3.63) is 59.8 Å². The zero-order chi connectivity index (χ0) is 15.8. The molecule has 124 valence electrons. The van der Waals surface area contributed by atoms with Crippen LogP contribution in [0.25, 0.3) is 0 Å². The Hall–Kier alpha value is -1.83. The van der Waals surface area contributed by atoms with E-state index >= 15 is 0 Å². The first-order chi connectivity index (χ1) is 10.6. The minimum Gasteiger partial charge on any atom is -0.370 e. The van der Waals surface area contributed by atoms with Gasteiger partial charge in [0.15, 0.2) is 5.96 Å². The molecule has 0 spiro atoms. The number of hydrogen-bond acceptors (Lipinski definition) is 3. The summed E-state index contributed by atoms with van der Waals surface area (Å²) in [7, 11) is 3.93. The predicted octanol–water partition coefficient (Wildman–Crippen LogP) is 2.41. The van der Waals surface area contributed by atoms with Gasteiger partial charge in [-0.3, -0.25) is 0 Å². The lowest BCUT2D eigenvalue weighted by Gasteiger charge is -2.11. The Kier molecular flexibility index (Phi) is 8.39. The third-order valence-electron chi connectivity index (χ3n) is 3.26. The summed E-state index contributed by atoms with van der Waals surface area (Å²) in [5.41, 5.74) is 8.27. The molecule has 0 unspecified atom stereocenters. The van der Waals surface area contributed by atoms with E-state index in [1.54, 1.807) is 6.20 Å². The first kappa shape index (κ1) is 19.2. The summed E-state index contributed by atoms with van der Waals surface area (Å²) < 4.78 is 0. The molecular formula is C17H24IN5. The number of halogens is 1. The Balaban J connectivity index is 0.00000264. The van der Waals surface area contributed by atoms with Crippen molar-refractivity contribution in [2.45, 2.75) is 13.0 Å². The molecule has 5 nitrogen and oxygen atoms in total. The Bertz CT molecular complexity index is 613. The van der Waals surface area contributed by atoms with E-state index in [1.165, 1.54) is 5.56 Å². The maximum Gasteiger partial charge on any atom is 0.188 e. The van der Waals surface area contributed by atoms with Gasteiger partial charge in [0.05, 0.1) is 6.54 Å². The maximum absolute atomic E-state index is 5.90. The van der Waals surface area contributed by atoms with Gasteiger partial charge in [-0.05, 0) is 29.7 Å². The van der Waals surface area contributed by atoms with E-state index in [9.17, 15) is 0 Å². The molecule has 0 aliphatic carbocycles. The van der Waals surface area contributed by atoms with Crippen molar-refractivity contribution in [2.75, 3.05) is 25.5 Å². The third kappa shape index (κ3) is 6.85. The molecule has 0 saturated carbocycles. The molecule has 0 amide bonds. The van der Waals surface area contributed by atoms with Gasteiger partial charge in [0.1, 0.15) is 5.82 Å². The highest BCUT2D eigenvalue weighted by atomic mass is 127. The highest BCUT2D eigenvalue weighted by molar-refractivity contribution is 14.0. The fraction of sp³-hybridized carbons (Fsp3) is 0.294. The number of hydrogen-bond donors (Lipinski definition) is 2. The van der Waals surface area contributed by atoms with Crippen molar-refractivity contribution in [3.8, 4) is 0 Å². The van der Waals surface area contributed by atoms with E-state index in [1.807, 2.05) is 49.3 Å². The molecule has 1 aromatic heterocycles. The quantitative estimate of drug-likeness (QED) is 0.424. The molecular weight excluding hydrogens is 401 g/mol. The number of nitrogens with one attached hydrogen (secondary N) is 1. The van der Waals surface area contributed by atoms with Gasteiger partial charge in [-0.1, -0.05) is 30.3 Å². The lowest BCUT2D eigenvalue weighted by Crippen LogP contribution is -2.33. The van der Waals surface area contributed by atoms with Gasteiger partial charge in [0.25, 0.3) is 0 Å². The van der Waals surface area contributed by atoms with Gasteiger partial charge in [-0.15, -0.1) is 24.0 Å². The van der Waals surface area contributed by atoms with Crippen molar-refractivity contribution in [1.29, 1.82) is 0 Å². The van der Waals surface area contributed by atoms with Crippen LogP contribution in [-0.4, -0.2) is 31.6 Å². The van der Waals surface area contributed by atoms with E-state index in [0.29, 0.717) is 12.5 Å². The van der Waals surface area contributed by atoms with Crippen LogP contribution in [0.2, 0.25) is 0 Å². The molecule has 0 atom stereocenters. The van der Waals surface area contributed by atoms with Crippen LogP contribution in [0.3, 0.4) is 0 Å². The molecule has 2 rings (SSSR count). The number of pyridine rings is 1. The van der Waals surface area contributed by atoms with Gasteiger partial charge in [0.2, 0.25) is 0 Å². The zero-order valence-corrected chi connectivity index (χ0v) is 15.9. The highest BCUT2D eigenvalue weighted by Gasteiger charge is 1.99. The average molecular weight is 425 g/mol. The number of rotatable bonds is 6. The first-order valence-corrected chi connectivity index (χ1v) is 7.35. The molecule has 0 bridgehead atoms. The number of nitrogens with two attached hydrogens (primary N) is 1. The Morgan fingerprint density at radius 2 is 1.91 bits per heavy atom. The summed E-state index contributed by atoms with van der Waals surface area (Å²) in [6.45, 7) is 1.33. The molecule has 6 heteroatoms.